The molecule has 2 nitrogen and oxygen atoms in total. The van der Waals surface area contributed by atoms with Crippen molar-refractivity contribution < 1.29 is 4.74 Å². The maximum atomic E-state index is 5.79. The number of hydrogen-bond donors (Lipinski definition) is 0. The van der Waals surface area contributed by atoms with Crippen LogP contribution in [0.2, 0.25) is 0 Å². The van der Waals surface area contributed by atoms with Gasteiger partial charge in [-0.3, -0.25) is 4.90 Å². The fourth-order valence-corrected chi connectivity index (χ4v) is 1.42. The largest absolute Gasteiger partial charge is 0.478 e. The first-order chi connectivity index (χ1) is 8.10. The Morgan fingerprint density at radius 1 is 0.944 bits per heavy atom. The first-order valence-corrected chi connectivity index (χ1v) is 6.55. The van der Waals surface area contributed by atoms with Crippen molar-refractivity contribution >= 4 is 0 Å². The molecule has 0 unspecified atom stereocenters. The molecule has 0 amide bonds. The molecule has 0 aliphatic rings. The molecule has 1 aromatic carbocycles. The summed E-state index contributed by atoms with van der Waals surface area (Å²) in [5.41, 5.74) is 1.66. The van der Waals surface area contributed by atoms with Gasteiger partial charge in [-0.1, -0.05) is 32.9 Å². The van der Waals surface area contributed by atoms with E-state index in [9.17, 15) is 0 Å². The van der Waals surface area contributed by atoms with Crippen molar-refractivity contribution in [1.82, 2.24) is 4.90 Å². The Bertz CT molecular complexity index is 368. The minimum atomic E-state index is 0.130. The van der Waals surface area contributed by atoms with Gasteiger partial charge in [0.15, 0.2) is 0 Å². The zero-order valence-corrected chi connectivity index (χ0v) is 12.9. The Morgan fingerprint density at radius 3 is 1.83 bits per heavy atom. The lowest BCUT2D eigenvalue weighted by atomic mass is 9.87. The Morgan fingerprint density at radius 2 is 1.44 bits per heavy atom. The quantitative estimate of drug-likeness (QED) is 0.749. The van der Waals surface area contributed by atoms with Crippen LogP contribution in [0.25, 0.3) is 0 Å². The summed E-state index contributed by atoms with van der Waals surface area (Å²) in [4.78, 5) is 2.19. The van der Waals surface area contributed by atoms with Gasteiger partial charge in [-0.2, -0.15) is 0 Å². The van der Waals surface area contributed by atoms with E-state index in [0.717, 1.165) is 5.75 Å². The van der Waals surface area contributed by atoms with Gasteiger partial charge in [0.25, 0.3) is 0 Å². The lowest BCUT2D eigenvalue weighted by molar-refractivity contribution is 0.0737. The standard InChI is InChI=1S/C16H27NO/c1-15(2,3)13-8-10-14(11-9-13)18-12-17(7)16(4,5)6/h8-11H,12H2,1-7H3. The van der Waals surface area contributed by atoms with Crippen LogP contribution in [-0.4, -0.2) is 24.2 Å². The highest BCUT2D eigenvalue weighted by Crippen LogP contribution is 2.24. The predicted molar refractivity (Wildman–Crippen MR) is 78.2 cm³/mol. The van der Waals surface area contributed by atoms with Gasteiger partial charge >= 0.3 is 0 Å². The molecule has 0 bridgehead atoms. The van der Waals surface area contributed by atoms with Crippen molar-refractivity contribution in [2.45, 2.75) is 52.5 Å². The van der Waals surface area contributed by atoms with Crippen LogP contribution in [0.1, 0.15) is 47.1 Å². The van der Waals surface area contributed by atoms with Gasteiger partial charge in [0.1, 0.15) is 12.5 Å². The molecule has 0 aliphatic carbocycles. The fourth-order valence-electron chi connectivity index (χ4n) is 1.42. The molecule has 0 spiro atoms. The molecular formula is C16H27NO. The average molecular weight is 249 g/mol. The molecule has 0 aromatic heterocycles. The van der Waals surface area contributed by atoms with Gasteiger partial charge < -0.3 is 4.74 Å². The highest BCUT2D eigenvalue weighted by Gasteiger charge is 2.17. The second kappa shape index (κ2) is 5.31. The van der Waals surface area contributed by atoms with E-state index in [0.29, 0.717) is 6.73 Å². The summed E-state index contributed by atoms with van der Waals surface area (Å²) in [6.07, 6.45) is 0. The molecule has 0 saturated heterocycles. The molecular weight excluding hydrogens is 222 g/mol. The number of rotatable bonds is 3. The van der Waals surface area contributed by atoms with E-state index in [2.05, 4.69) is 77.8 Å². The summed E-state index contributed by atoms with van der Waals surface area (Å²) in [5.74, 6) is 0.930. The van der Waals surface area contributed by atoms with Crippen molar-refractivity contribution in [3.05, 3.63) is 29.8 Å². The second-order valence-electron chi connectivity index (χ2n) is 6.92. The third-order valence-electron chi connectivity index (χ3n) is 3.29. The summed E-state index contributed by atoms with van der Waals surface area (Å²) in [5, 5.41) is 0. The monoisotopic (exact) mass is 249 g/mol. The lowest BCUT2D eigenvalue weighted by Crippen LogP contribution is -2.40. The summed E-state index contributed by atoms with van der Waals surface area (Å²) >= 11 is 0. The molecule has 0 aliphatic heterocycles. The third-order valence-corrected chi connectivity index (χ3v) is 3.29. The predicted octanol–water partition coefficient (Wildman–Crippen LogP) is 4.05. The molecule has 1 rings (SSSR count). The van der Waals surface area contributed by atoms with Crippen LogP contribution in [0.15, 0.2) is 24.3 Å². The molecule has 18 heavy (non-hydrogen) atoms. The van der Waals surface area contributed by atoms with E-state index >= 15 is 0 Å². The molecule has 0 saturated carbocycles. The first kappa shape index (κ1) is 15.0. The SMILES string of the molecule is CN(COc1ccc(C(C)(C)C)cc1)C(C)(C)C. The molecule has 0 heterocycles. The zero-order valence-electron chi connectivity index (χ0n) is 12.9. The van der Waals surface area contributed by atoms with Gasteiger partial charge in [-0.05, 0) is 50.9 Å². The Labute approximate surface area is 112 Å². The summed E-state index contributed by atoms with van der Waals surface area (Å²) in [6.45, 7) is 13.8. The Balaban J connectivity index is 2.60. The van der Waals surface area contributed by atoms with Crippen LogP contribution in [0.3, 0.4) is 0 Å². The van der Waals surface area contributed by atoms with Gasteiger partial charge in [-0.15, -0.1) is 0 Å². The molecule has 0 radical (unpaired) electrons. The average Bonchev–Trinajstić information content (AvgIpc) is 2.24. The highest BCUT2D eigenvalue weighted by atomic mass is 16.5. The number of ether oxygens (including phenoxy) is 1. The van der Waals surface area contributed by atoms with Crippen LogP contribution in [0.4, 0.5) is 0 Å². The van der Waals surface area contributed by atoms with E-state index in [1.807, 2.05) is 0 Å². The topological polar surface area (TPSA) is 12.5 Å². The zero-order chi connectivity index (χ0) is 14.0. The highest BCUT2D eigenvalue weighted by molar-refractivity contribution is 5.31. The van der Waals surface area contributed by atoms with Crippen LogP contribution < -0.4 is 4.74 Å². The number of nitrogens with zero attached hydrogens (tertiary/aromatic N) is 1. The van der Waals surface area contributed by atoms with Crippen molar-refractivity contribution in [3.8, 4) is 5.75 Å². The van der Waals surface area contributed by atoms with Gasteiger partial charge in [0.2, 0.25) is 0 Å². The van der Waals surface area contributed by atoms with E-state index in [1.54, 1.807) is 0 Å². The summed E-state index contributed by atoms with van der Waals surface area (Å²) in [7, 11) is 2.07. The summed E-state index contributed by atoms with van der Waals surface area (Å²) < 4.78 is 5.79. The minimum Gasteiger partial charge on any atom is -0.478 e. The van der Waals surface area contributed by atoms with Crippen molar-refractivity contribution in [3.63, 3.8) is 0 Å². The number of benzene rings is 1. The Kier molecular flexibility index (Phi) is 4.44. The lowest BCUT2D eigenvalue weighted by Gasteiger charge is -2.31. The molecule has 1 aromatic rings. The maximum Gasteiger partial charge on any atom is 0.142 e. The maximum absolute atomic E-state index is 5.79. The number of hydrogen-bond acceptors (Lipinski definition) is 2. The van der Waals surface area contributed by atoms with Crippen molar-refractivity contribution in [1.29, 1.82) is 0 Å². The molecule has 0 atom stereocenters. The third kappa shape index (κ3) is 4.34. The van der Waals surface area contributed by atoms with Gasteiger partial charge in [0, 0.05) is 5.54 Å². The van der Waals surface area contributed by atoms with Gasteiger partial charge in [-0.25, -0.2) is 0 Å². The minimum absolute atomic E-state index is 0.130. The molecule has 0 fully saturated rings. The normalized spacial score (nSPS) is 12.9. The van der Waals surface area contributed by atoms with E-state index in [1.165, 1.54) is 5.56 Å². The molecule has 2 heteroatoms. The molecule has 102 valence electrons. The van der Waals surface area contributed by atoms with Crippen LogP contribution in [-0.2, 0) is 5.41 Å². The van der Waals surface area contributed by atoms with Crippen molar-refractivity contribution in [2.75, 3.05) is 13.8 Å². The summed E-state index contributed by atoms with van der Waals surface area (Å²) in [6, 6.07) is 8.40. The van der Waals surface area contributed by atoms with E-state index < -0.39 is 0 Å². The first-order valence-electron chi connectivity index (χ1n) is 6.55. The van der Waals surface area contributed by atoms with Gasteiger partial charge in [0.05, 0.1) is 0 Å². The van der Waals surface area contributed by atoms with Crippen LogP contribution >= 0.6 is 0 Å². The van der Waals surface area contributed by atoms with E-state index in [4.69, 9.17) is 4.74 Å². The van der Waals surface area contributed by atoms with Crippen LogP contribution in [0, 0.1) is 0 Å². The molecule has 0 N–H and O–H groups in total. The van der Waals surface area contributed by atoms with Crippen LogP contribution in [0.5, 0.6) is 5.75 Å². The van der Waals surface area contributed by atoms with E-state index in [-0.39, 0.29) is 11.0 Å². The fraction of sp³-hybridized carbons (Fsp3) is 0.625. The second-order valence-corrected chi connectivity index (χ2v) is 6.92. The Hall–Kier alpha value is -1.02. The van der Waals surface area contributed by atoms with Crippen molar-refractivity contribution in [2.24, 2.45) is 0 Å². The smallest absolute Gasteiger partial charge is 0.142 e.